The Kier molecular flexibility index (Phi) is 7.60. The summed E-state index contributed by atoms with van der Waals surface area (Å²) in [7, 11) is 5.09. The lowest BCUT2D eigenvalue weighted by atomic mass is 10.1. The molecule has 0 radical (unpaired) electrons. The number of nitrogens with zero attached hydrogens (tertiary/aromatic N) is 1. The third-order valence-corrected chi connectivity index (χ3v) is 5.73. The van der Waals surface area contributed by atoms with Crippen molar-refractivity contribution in [1.82, 2.24) is 4.90 Å². The van der Waals surface area contributed by atoms with Crippen molar-refractivity contribution in [2.75, 3.05) is 27.0 Å². The van der Waals surface area contributed by atoms with E-state index in [2.05, 4.69) is 32.0 Å². The third kappa shape index (κ3) is 5.67. The Morgan fingerprint density at radius 2 is 1.63 bits per heavy atom. The lowest BCUT2D eigenvalue weighted by molar-refractivity contribution is -0.129. The first-order chi connectivity index (χ1) is 12.8. The third-order valence-electron chi connectivity index (χ3n) is 4.74. The van der Waals surface area contributed by atoms with Crippen molar-refractivity contribution < 1.29 is 14.3 Å². The summed E-state index contributed by atoms with van der Waals surface area (Å²) in [6.45, 7) is 6.80. The van der Waals surface area contributed by atoms with Crippen LogP contribution in [0.3, 0.4) is 0 Å². The number of aryl methyl sites for hydroxylation is 3. The molecule has 0 saturated heterocycles. The van der Waals surface area contributed by atoms with E-state index in [1.807, 2.05) is 26.1 Å². The molecule has 0 aliphatic rings. The molecule has 2 aromatic carbocycles. The van der Waals surface area contributed by atoms with E-state index in [1.54, 1.807) is 30.9 Å². The van der Waals surface area contributed by atoms with Gasteiger partial charge in [0.1, 0.15) is 0 Å². The average Bonchev–Trinajstić information content (AvgIpc) is 2.65. The summed E-state index contributed by atoms with van der Waals surface area (Å²) >= 11 is 1.73. The van der Waals surface area contributed by atoms with E-state index in [9.17, 15) is 4.79 Å². The van der Waals surface area contributed by atoms with Gasteiger partial charge in [0.15, 0.2) is 11.5 Å². The molecule has 0 aliphatic heterocycles. The van der Waals surface area contributed by atoms with Crippen LogP contribution in [-0.2, 0) is 11.3 Å². The Hall–Kier alpha value is -2.14. The van der Waals surface area contributed by atoms with E-state index < -0.39 is 0 Å². The summed E-state index contributed by atoms with van der Waals surface area (Å²) in [5.74, 6) is 2.30. The largest absolute Gasteiger partial charge is 0.493 e. The minimum Gasteiger partial charge on any atom is -0.493 e. The molecule has 0 unspecified atom stereocenters. The van der Waals surface area contributed by atoms with Gasteiger partial charge in [-0.25, -0.2) is 0 Å². The highest BCUT2D eigenvalue weighted by Gasteiger charge is 2.14. The molecule has 5 heteroatoms. The first-order valence-electron chi connectivity index (χ1n) is 9.01. The maximum atomic E-state index is 12.5. The molecule has 4 nitrogen and oxygen atoms in total. The Morgan fingerprint density at radius 1 is 0.963 bits per heavy atom. The summed E-state index contributed by atoms with van der Waals surface area (Å²) in [5, 5.41) is 0. The highest BCUT2D eigenvalue weighted by atomic mass is 32.2. The summed E-state index contributed by atoms with van der Waals surface area (Å²) in [4.78, 5) is 15.5. The second-order valence-corrected chi connectivity index (χ2v) is 7.90. The number of thioether (sulfide) groups is 1. The van der Waals surface area contributed by atoms with Crippen LogP contribution in [-0.4, -0.2) is 37.8 Å². The maximum Gasteiger partial charge on any atom is 0.223 e. The van der Waals surface area contributed by atoms with Crippen LogP contribution in [0.4, 0.5) is 0 Å². The van der Waals surface area contributed by atoms with Crippen LogP contribution < -0.4 is 9.47 Å². The van der Waals surface area contributed by atoms with Crippen LogP contribution >= 0.6 is 11.8 Å². The number of amides is 1. The number of carbonyl (C=O) groups excluding carboxylic acids is 1. The van der Waals surface area contributed by atoms with Gasteiger partial charge in [-0.3, -0.25) is 4.79 Å². The molecule has 0 atom stereocenters. The van der Waals surface area contributed by atoms with Crippen LogP contribution in [0, 0.1) is 20.8 Å². The molecule has 0 aromatic heterocycles. The zero-order valence-corrected chi connectivity index (χ0v) is 17.9. The summed E-state index contributed by atoms with van der Waals surface area (Å²) in [6.07, 6.45) is 0.514. The van der Waals surface area contributed by atoms with E-state index in [0.717, 1.165) is 16.9 Å². The van der Waals surface area contributed by atoms with Crippen molar-refractivity contribution in [3.05, 3.63) is 52.6 Å². The summed E-state index contributed by atoms with van der Waals surface area (Å²) in [5.41, 5.74) is 4.72. The van der Waals surface area contributed by atoms with E-state index in [1.165, 1.54) is 16.0 Å². The number of methoxy groups -OCH3 is 2. The van der Waals surface area contributed by atoms with E-state index in [4.69, 9.17) is 9.47 Å². The van der Waals surface area contributed by atoms with Crippen molar-refractivity contribution in [3.8, 4) is 11.5 Å². The number of ether oxygens (including phenoxy) is 2. The van der Waals surface area contributed by atoms with Crippen molar-refractivity contribution in [2.24, 2.45) is 0 Å². The van der Waals surface area contributed by atoms with Gasteiger partial charge in [0.2, 0.25) is 5.91 Å². The Labute approximate surface area is 166 Å². The fourth-order valence-corrected chi connectivity index (χ4v) is 3.72. The van der Waals surface area contributed by atoms with Crippen molar-refractivity contribution in [2.45, 2.75) is 38.6 Å². The summed E-state index contributed by atoms with van der Waals surface area (Å²) in [6, 6.07) is 10.3. The molecule has 0 heterocycles. The van der Waals surface area contributed by atoms with Crippen LogP contribution in [0.2, 0.25) is 0 Å². The van der Waals surface area contributed by atoms with E-state index in [-0.39, 0.29) is 5.91 Å². The van der Waals surface area contributed by atoms with Crippen LogP contribution in [0.25, 0.3) is 0 Å². The Balaban J connectivity index is 1.92. The molecule has 27 heavy (non-hydrogen) atoms. The molecular weight excluding hydrogens is 358 g/mol. The smallest absolute Gasteiger partial charge is 0.223 e. The van der Waals surface area contributed by atoms with E-state index >= 15 is 0 Å². The molecule has 0 spiro atoms. The topological polar surface area (TPSA) is 38.8 Å². The molecule has 0 bridgehead atoms. The predicted molar refractivity (Wildman–Crippen MR) is 112 cm³/mol. The van der Waals surface area contributed by atoms with Gasteiger partial charge in [-0.1, -0.05) is 6.07 Å². The Bertz CT molecular complexity index is 804. The normalized spacial score (nSPS) is 10.6. The molecule has 146 valence electrons. The van der Waals surface area contributed by atoms with Gasteiger partial charge in [-0.15, -0.1) is 11.8 Å². The zero-order chi connectivity index (χ0) is 20.0. The second kappa shape index (κ2) is 9.70. The molecule has 0 N–H and O–H groups in total. The first kappa shape index (κ1) is 21.2. The van der Waals surface area contributed by atoms with Crippen molar-refractivity contribution in [1.29, 1.82) is 0 Å². The highest BCUT2D eigenvalue weighted by molar-refractivity contribution is 7.99. The zero-order valence-electron chi connectivity index (χ0n) is 17.1. The summed E-state index contributed by atoms with van der Waals surface area (Å²) < 4.78 is 10.7. The lowest BCUT2D eigenvalue weighted by Crippen LogP contribution is -2.26. The minimum atomic E-state index is 0.139. The minimum absolute atomic E-state index is 0.139. The van der Waals surface area contributed by atoms with E-state index in [0.29, 0.717) is 24.5 Å². The molecular formula is C22H29NO3S. The monoisotopic (exact) mass is 387 g/mol. The van der Waals surface area contributed by atoms with Gasteiger partial charge in [0.25, 0.3) is 0 Å². The molecule has 2 aromatic rings. The SMILES string of the molecule is COc1cc(C)c(CN(C)C(=O)CCSc2ccc(C)c(C)c2)cc1OC. The molecule has 0 saturated carbocycles. The Morgan fingerprint density at radius 3 is 2.26 bits per heavy atom. The van der Waals surface area contributed by atoms with Gasteiger partial charge >= 0.3 is 0 Å². The number of rotatable bonds is 8. The van der Waals surface area contributed by atoms with Crippen LogP contribution in [0.5, 0.6) is 11.5 Å². The fourth-order valence-electron chi connectivity index (χ4n) is 2.79. The quantitative estimate of drug-likeness (QED) is 0.612. The molecule has 0 aliphatic carbocycles. The predicted octanol–water partition coefficient (Wildman–Crippen LogP) is 4.77. The first-order valence-corrected chi connectivity index (χ1v) is 9.99. The number of benzene rings is 2. The molecule has 1 amide bonds. The van der Waals surface area contributed by atoms with Gasteiger partial charge in [0.05, 0.1) is 14.2 Å². The number of hydrogen-bond donors (Lipinski definition) is 0. The van der Waals surface area contributed by atoms with Gasteiger partial charge in [-0.05, 0) is 67.3 Å². The second-order valence-electron chi connectivity index (χ2n) is 6.73. The van der Waals surface area contributed by atoms with Crippen molar-refractivity contribution in [3.63, 3.8) is 0 Å². The van der Waals surface area contributed by atoms with Gasteiger partial charge in [-0.2, -0.15) is 0 Å². The fraction of sp³-hybridized carbons (Fsp3) is 0.409. The average molecular weight is 388 g/mol. The maximum absolute atomic E-state index is 12.5. The number of hydrogen-bond acceptors (Lipinski definition) is 4. The van der Waals surface area contributed by atoms with Crippen LogP contribution in [0.15, 0.2) is 35.2 Å². The van der Waals surface area contributed by atoms with Crippen molar-refractivity contribution >= 4 is 17.7 Å². The van der Waals surface area contributed by atoms with Crippen LogP contribution in [0.1, 0.15) is 28.7 Å². The standard InChI is InChI=1S/C22H29NO3S/c1-15-7-8-19(11-16(15)2)27-10-9-22(24)23(4)14-18-13-21(26-6)20(25-5)12-17(18)3/h7-8,11-13H,9-10,14H2,1-6H3. The van der Waals surface area contributed by atoms with Gasteiger partial charge in [0, 0.05) is 30.7 Å². The lowest BCUT2D eigenvalue weighted by Gasteiger charge is -2.20. The molecule has 2 rings (SSSR count). The number of carbonyl (C=O) groups is 1. The highest BCUT2D eigenvalue weighted by Crippen LogP contribution is 2.31. The molecule has 0 fully saturated rings. The van der Waals surface area contributed by atoms with Gasteiger partial charge < -0.3 is 14.4 Å².